The minimum atomic E-state index is -0.582. The van der Waals surface area contributed by atoms with Gasteiger partial charge in [-0.25, -0.2) is 8.91 Å². The highest BCUT2D eigenvalue weighted by Gasteiger charge is 2.19. The first-order chi connectivity index (χ1) is 12.5. The second kappa shape index (κ2) is 6.23. The molecule has 0 radical (unpaired) electrons. The first-order valence-electron chi connectivity index (χ1n) is 7.62. The topological polar surface area (TPSA) is 92.2 Å². The molecule has 2 heterocycles. The van der Waals surface area contributed by atoms with Gasteiger partial charge in [0, 0.05) is 11.6 Å². The molecule has 0 saturated carbocycles. The predicted molar refractivity (Wildman–Crippen MR) is 93.7 cm³/mol. The van der Waals surface area contributed by atoms with E-state index in [2.05, 4.69) is 20.6 Å². The van der Waals surface area contributed by atoms with Crippen LogP contribution in [0.2, 0.25) is 5.02 Å². The van der Waals surface area contributed by atoms with Crippen molar-refractivity contribution in [3.8, 4) is 0 Å². The molecule has 0 atom stereocenters. The number of aromatic amines is 1. The molecule has 130 valence electrons. The normalized spacial score (nSPS) is 11.2. The maximum absolute atomic E-state index is 13.4. The highest BCUT2D eigenvalue weighted by Crippen LogP contribution is 2.15. The summed E-state index contributed by atoms with van der Waals surface area (Å²) in [5, 5.41) is 10.9. The number of amides is 1. The number of fused-ring (bicyclic) bond motifs is 3. The maximum atomic E-state index is 13.4. The van der Waals surface area contributed by atoms with Crippen molar-refractivity contribution in [3.05, 3.63) is 74.9 Å². The monoisotopic (exact) mass is 371 g/mol. The summed E-state index contributed by atoms with van der Waals surface area (Å²) in [5.74, 6) is -1.04. The Morgan fingerprint density at radius 3 is 2.92 bits per heavy atom. The third kappa shape index (κ3) is 2.80. The van der Waals surface area contributed by atoms with Crippen LogP contribution in [0.25, 0.3) is 16.6 Å². The maximum Gasteiger partial charge on any atom is 0.277 e. The van der Waals surface area contributed by atoms with Gasteiger partial charge in [-0.3, -0.25) is 9.59 Å². The number of H-pyrrole nitrogens is 1. The Morgan fingerprint density at radius 2 is 2.12 bits per heavy atom. The van der Waals surface area contributed by atoms with Crippen molar-refractivity contribution < 1.29 is 9.18 Å². The van der Waals surface area contributed by atoms with Crippen LogP contribution in [-0.4, -0.2) is 25.7 Å². The summed E-state index contributed by atoms with van der Waals surface area (Å²) in [7, 11) is 0. The number of hydrogen-bond donors (Lipinski definition) is 2. The highest BCUT2D eigenvalue weighted by atomic mass is 35.5. The van der Waals surface area contributed by atoms with Gasteiger partial charge in [-0.05, 0) is 35.9 Å². The van der Waals surface area contributed by atoms with Gasteiger partial charge in [-0.15, -0.1) is 5.10 Å². The Bertz CT molecular complexity index is 1220. The SMILES string of the molecule is O=C(NCc1cccc(Cl)c1)c1nnn2c1c(=O)[nH]c1cc(F)ccc12. The molecule has 0 aliphatic carbocycles. The average Bonchev–Trinajstić information content (AvgIpc) is 3.05. The van der Waals surface area contributed by atoms with Crippen molar-refractivity contribution >= 4 is 34.1 Å². The van der Waals surface area contributed by atoms with E-state index < -0.39 is 17.3 Å². The molecule has 4 aromatic rings. The van der Waals surface area contributed by atoms with Crippen molar-refractivity contribution in [1.82, 2.24) is 25.1 Å². The zero-order valence-electron chi connectivity index (χ0n) is 13.2. The van der Waals surface area contributed by atoms with Gasteiger partial charge in [0.25, 0.3) is 11.5 Å². The average molecular weight is 372 g/mol. The molecule has 2 aromatic carbocycles. The Kier molecular flexibility index (Phi) is 3.89. The van der Waals surface area contributed by atoms with Crippen LogP contribution < -0.4 is 10.9 Å². The van der Waals surface area contributed by atoms with E-state index in [0.29, 0.717) is 10.5 Å². The largest absolute Gasteiger partial charge is 0.346 e. The van der Waals surface area contributed by atoms with Crippen LogP contribution in [0.4, 0.5) is 4.39 Å². The summed E-state index contributed by atoms with van der Waals surface area (Å²) < 4.78 is 14.6. The van der Waals surface area contributed by atoms with E-state index >= 15 is 0 Å². The molecule has 2 N–H and O–H groups in total. The molecule has 9 heteroatoms. The summed E-state index contributed by atoms with van der Waals surface area (Å²) in [6.07, 6.45) is 0. The predicted octanol–water partition coefficient (Wildman–Crippen LogP) is 2.29. The first-order valence-corrected chi connectivity index (χ1v) is 8.00. The molecule has 26 heavy (non-hydrogen) atoms. The molecule has 0 saturated heterocycles. The summed E-state index contributed by atoms with van der Waals surface area (Å²) >= 11 is 5.91. The molecular formula is C17H11ClFN5O2. The fraction of sp³-hybridized carbons (Fsp3) is 0.0588. The Labute approximate surface area is 150 Å². The van der Waals surface area contributed by atoms with E-state index in [1.165, 1.54) is 22.7 Å². The summed E-state index contributed by atoms with van der Waals surface area (Å²) in [6, 6.07) is 10.9. The van der Waals surface area contributed by atoms with E-state index in [1.54, 1.807) is 18.2 Å². The lowest BCUT2D eigenvalue weighted by Gasteiger charge is -2.04. The van der Waals surface area contributed by atoms with Crippen LogP contribution in [0.3, 0.4) is 0 Å². The molecular weight excluding hydrogens is 361 g/mol. The van der Waals surface area contributed by atoms with Gasteiger partial charge >= 0.3 is 0 Å². The fourth-order valence-corrected chi connectivity index (χ4v) is 2.91. The second-order valence-corrected chi connectivity index (χ2v) is 6.06. The third-order valence-electron chi connectivity index (χ3n) is 3.88. The summed E-state index contributed by atoms with van der Waals surface area (Å²) in [6.45, 7) is 0.217. The molecule has 0 fully saturated rings. The number of benzene rings is 2. The van der Waals surface area contributed by atoms with Gasteiger partial charge in [-0.1, -0.05) is 28.9 Å². The first kappa shape index (κ1) is 16.2. The van der Waals surface area contributed by atoms with E-state index in [4.69, 9.17) is 11.6 Å². The van der Waals surface area contributed by atoms with Gasteiger partial charge in [-0.2, -0.15) is 0 Å². The molecule has 4 rings (SSSR count). The number of carbonyl (C=O) groups is 1. The van der Waals surface area contributed by atoms with E-state index in [-0.39, 0.29) is 23.3 Å². The standard InChI is InChI=1S/C17H11ClFN5O2/c18-10-3-1-2-9(6-10)8-20-16(25)14-15-17(26)21-12-7-11(19)4-5-13(12)24(15)23-22-14/h1-7H,8H2,(H,20,25)(H,21,26). The minimum absolute atomic E-state index is 0.00676. The van der Waals surface area contributed by atoms with Crippen LogP contribution >= 0.6 is 11.6 Å². The van der Waals surface area contributed by atoms with Crippen LogP contribution in [0, 0.1) is 5.82 Å². The molecule has 1 amide bonds. The summed E-state index contributed by atoms with van der Waals surface area (Å²) in [4.78, 5) is 27.3. The Morgan fingerprint density at radius 1 is 1.27 bits per heavy atom. The van der Waals surface area contributed by atoms with E-state index in [1.807, 2.05) is 6.07 Å². The van der Waals surface area contributed by atoms with Gasteiger partial charge in [0.15, 0.2) is 11.2 Å². The van der Waals surface area contributed by atoms with Crippen LogP contribution in [0.15, 0.2) is 47.3 Å². The molecule has 0 bridgehead atoms. The smallest absolute Gasteiger partial charge is 0.277 e. The number of nitrogens with one attached hydrogen (secondary N) is 2. The molecule has 0 aliphatic rings. The van der Waals surface area contributed by atoms with Crippen LogP contribution in [0.1, 0.15) is 16.1 Å². The fourth-order valence-electron chi connectivity index (χ4n) is 2.69. The third-order valence-corrected chi connectivity index (χ3v) is 4.11. The Balaban J connectivity index is 1.71. The highest BCUT2D eigenvalue weighted by molar-refractivity contribution is 6.30. The number of halogens is 2. The number of rotatable bonds is 3. The number of nitrogens with zero attached hydrogens (tertiary/aromatic N) is 3. The van der Waals surface area contributed by atoms with Gasteiger partial charge < -0.3 is 10.3 Å². The van der Waals surface area contributed by atoms with E-state index in [9.17, 15) is 14.0 Å². The van der Waals surface area contributed by atoms with Crippen LogP contribution in [0.5, 0.6) is 0 Å². The quantitative estimate of drug-likeness (QED) is 0.578. The van der Waals surface area contributed by atoms with E-state index in [0.717, 1.165) is 5.56 Å². The molecule has 0 spiro atoms. The second-order valence-electron chi connectivity index (χ2n) is 5.63. The molecule has 2 aromatic heterocycles. The van der Waals surface area contributed by atoms with Crippen molar-refractivity contribution in [2.24, 2.45) is 0 Å². The molecule has 0 unspecified atom stereocenters. The van der Waals surface area contributed by atoms with Gasteiger partial charge in [0.2, 0.25) is 0 Å². The summed E-state index contributed by atoms with van der Waals surface area (Å²) in [5.41, 5.74) is 0.797. The number of hydrogen-bond acceptors (Lipinski definition) is 4. The number of aromatic nitrogens is 4. The lowest BCUT2D eigenvalue weighted by molar-refractivity contribution is 0.0947. The lowest BCUT2D eigenvalue weighted by Crippen LogP contribution is -2.25. The molecule has 0 aliphatic heterocycles. The zero-order valence-corrected chi connectivity index (χ0v) is 13.9. The minimum Gasteiger partial charge on any atom is -0.346 e. The van der Waals surface area contributed by atoms with Gasteiger partial charge in [0.1, 0.15) is 5.82 Å². The van der Waals surface area contributed by atoms with Crippen molar-refractivity contribution in [3.63, 3.8) is 0 Å². The van der Waals surface area contributed by atoms with Crippen molar-refractivity contribution in [1.29, 1.82) is 0 Å². The lowest BCUT2D eigenvalue weighted by atomic mass is 10.2. The Hall–Kier alpha value is -3.26. The van der Waals surface area contributed by atoms with Crippen molar-refractivity contribution in [2.45, 2.75) is 6.54 Å². The van der Waals surface area contributed by atoms with Crippen LogP contribution in [-0.2, 0) is 6.54 Å². The zero-order chi connectivity index (χ0) is 18.3. The van der Waals surface area contributed by atoms with Crippen molar-refractivity contribution in [2.75, 3.05) is 0 Å². The molecule has 7 nitrogen and oxygen atoms in total. The number of carbonyl (C=O) groups excluding carboxylic acids is 1. The van der Waals surface area contributed by atoms with Gasteiger partial charge in [0.05, 0.1) is 11.0 Å².